The van der Waals surface area contributed by atoms with E-state index in [0.29, 0.717) is 5.02 Å². The van der Waals surface area contributed by atoms with Crippen LogP contribution in [0.3, 0.4) is 0 Å². The fourth-order valence-corrected chi connectivity index (χ4v) is 2.31. The van der Waals surface area contributed by atoms with Crippen molar-refractivity contribution in [2.24, 2.45) is 0 Å². The largest absolute Gasteiger partial charge is 0.457 e. The van der Waals surface area contributed by atoms with Crippen LogP contribution in [-0.2, 0) is 0 Å². The van der Waals surface area contributed by atoms with Crippen molar-refractivity contribution in [1.29, 1.82) is 0 Å². The van der Waals surface area contributed by atoms with Crippen molar-refractivity contribution in [1.82, 2.24) is 0 Å². The summed E-state index contributed by atoms with van der Waals surface area (Å²) < 4.78 is 5.78. The highest BCUT2D eigenvalue weighted by Gasteiger charge is 2.00. The summed E-state index contributed by atoms with van der Waals surface area (Å²) in [7, 11) is 0. The highest BCUT2D eigenvalue weighted by atomic mass is 35.5. The molecule has 0 radical (unpaired) electrons. The molecule has 0 unspecified atom stereocenters. The fourth-order valence-electron chi connectivity index (χ4n) is 2.13. The molecule has 3 rings (SSSR count). The minimum Gasteiger partial charge on any atom is -0.457 e. The van der Waals surface area contributed by atoms with Gasteiger partial charge in [0.25, 0.3) is 0 Å². The second-order valence-corrected chi connectivity index (χ2v) is 5.39. The lowest BCUT2D eigenvalue weighted by Crippen LogP contribution is -1.84. The van der Waals surface area contributed by atoms with Crippen molar-refractivity contribution < 1.29 is 4.74 Å². The van der Waals surface area contributed by atoms with Gasteiger partial charge in [-0.1, -0.05) is 59.6 Å². The average molecular weight is 295 g/mol. The molecule has 0 aliphatic heterocycles. The lowest BCUT2D eigenvalue weighted by atomic mass is 10.0. The zero-order chi connectivity index (χ0) is 14.7. The summed E-state index contributed by atoms with van der Waals surface area (Å²) in [6, 6.07) is 23.9. The van der Waals surface area contributed by atoms with Crippen molar-refractivity contribution >= 4 is 11.6 Å². The summed E-state index contributed by atoms with van der Waals surface area (Å²) >= 11 is 5.95. The van der Waals surface area contributed by atoms with E-state index in [-0.39, 0.29) is 0 Å². The van der Waals surface area contributed by atoms with Gasteiger partial charge in [0, 0.05) is 5.02 Å². The zero-order valence-corrected chi connectivity index (χ0v) is 12.5. The third kappa shape index (κ3) is 3.45. The molecule has 0 spiro atoms. The van der Waals surface area contributed by atoms with E-state index in [0.717, 1.165) is 11.5 Å². The molecule has 0 atom stereocenters. The van der Waals surface area contributed by atoms with Crippen LogP contribution in [0.1, 0.15) is 5.56 Å². The summed E-state index contributed by atoms with van der Waals surface area (Å²) in [6.45, 7) is 2.09. The maximum Gasteiger partial charge on any atom is 0.128 e. The monoisotopic (exact) mass is 294 g/mol. The summed E-state index contributed by atoms with van der Waals surface area (Å²) in [6.07, 6.45) is 0. The molecule has 0 heterocycles. The van der Waals surface area contributed by atoms with E-state index in [1.165, 1.54) is 16.7 Å². The molecule has 2 heteroatoms. The first kappa shape index (κ1) is 13.7. The van der Waals surface area contributed by atoms with Gasteiger partial charge in [-0.3, -0.25) is 0 Å². The SMILES string of the molecule is Cc1ccc(-c2ccc(Oc3cccc(Cl)c3)cc2)cc1. The number of ether oxygens (including phenoxy) is 1. The lowest BCUT2D eigenvalue weighted by molar-refractivity contribution is 0.483. The molecule has 3 aromatic carbocycles. The molecule has 0 amide bonds. The van der Waals surface area contributed by atoms with Crippen LogP contribution in [0.25, 0.3) is 11.1 Å². The van der Waals surface area contributed by atoms with Crippen LogP contribution in [0, 0.1) is 6.92 Å². The molecule has 0 saturated heterocycles. The van der Waals surface area contributed by atoms with E-state index in [4.69, 9.17) is 16.3 Å². The van der Waals surface area contributed by atoms with Gasteiger partial charge in [-0.25, -0.2) is 0 Å². The first-order valence-electron chi connectivity index (χ1n) is 6.81. The predicted molar refractivity (Wildman–Crippen MR) is 88.1 cm³/mol. The number of aryl methyl sites for hydroxylation is 1. The van der Waals surface area contributed by atoms with Crippen LogP contribution in [-0.4, -0.2) is 0 Å². The van der Waals surface area contributed by atoms with Crippen LogP contribution >= 0.6 is 11.6 Å². The van der Waals surface area contributed by atoms with Gasteiger partial charge in [0.1, 0.15) is 11.5 Å². The fraction of sp³-hybridized carbons (Fsp3) is 0.0526. The normalized spacial score (nSPS) is 10.4. The van der Waals surface area contributed by atoms with Gasteiger partial charge in [-0.15, -0.1) is 0 Å². The highest BCUT2D eigenvalue weighted by Crippen LogP contribution is 2.27. The Kier molecular flexibility index (Phi) is 3.94. The van der Waals surface area contributed by atoms with Crippen LogP contribution in [0.4, 0.5) is 0 Å². The topological polar surface area (TPSA) is 9.23 Å². The van der Waals surface area contributed by atoms with Crippen LogP contribution in [0.5, 0.6) is 11.5 Å². The summed E-state index contributed by atoms with van der Waals surface area (Å²) in [5, 5.41) is 0.670. The maximum atomic E-state index is 5.95. The van der Waals surface area contributed by atoms with E-state index in [1.807, 2.05) is 30.3 Å². The average Bonchev–Trinajstić information content (AvgIpc) is 2.49. The van der Waals surface area contributed by atoms with Crippen molar-refractivity contribution in [3.8, 4) is 22.6 Å². The Balaban J connectivity index is 1.79. The number of benzene rings is 3. The van der Waals surface area contributed by atoms with Crippen molar-refractivity contribution in [2.45, 2.75) is 6.92 Å². The van der Waals surface area contributed by atoms with E-state index in [1.54, 1.807) is 6.07 Å². The highest BCUT2D eigenvalue weighted by molar-refractivity contribution is 6.30. The van der Waals surface area contributed by atoms with E-state index in [9.17, 15) is 0 Å². The third-order valence-corrected chi connectivity index (χ3v) is 3.51. The number of hydrogen-bond acceptors (Lipinski definition) is 1. The zero-order valence-electron chi connectivity index (χ0n) is 11.7. The van der Waals surface area contributed by atoms with Gasteiger partial charge in [-0.05, 0) is 48.4 Å². The minimum atomic E-state index is 0.670. The maximum absolute atomic E-state index is 5.95. The molecule has 104 valence electrons. The van der Waals surface area contributed by atoms with Crippen molar-refractivity contribution in [2.75, 3.05) is 0 Å². The smallest absolute Gasteiger partial charge is 0.128 e. The molecule has 0 fully saturated rings. The first-order valence-corrected chi connectivity index (χ1v) is 7.19. The molecular formula is C19H15ClO. The van der Waals surface area contributed by atoms with E-state index in [2.05, 4.69) is 43.3 Å². The van der Waals surface area contributed by atoms with E-state index >= 15 is 0 Å². The molecule has 0 aromatic heterocycles. The minimum absolute atomic E-state index is 0.670. The molecule has 1 nitrogen and oxygen atoms in total. The Morgan fingerprint density at radius 3 is 1.95 bits per heavy atom. The molecule has 21 heavy (non-hydrogen) atoms. The van der Waals surface area contributed by atoms with Crippen LogP contribution in [0.2, 0.25) is 5.02 Å². The quantitative estimate of drug-likeness (QED) is 0.566. The van der Waals surface area contributed by atoms with Gasteiger partial charge >= 0.3 is 0 Å². The Morgan fingerprint density at radius 2 is 1.33 bits per heavy atom. The number of rotatable bonds is 3. The molecule has 3 aromatic rings. The van der Waals surface area contributed by atoms with Gasteiger partial charge < -0.3 is 4.74 Å². The second-order valence-electron chi connectivity index (χ2n) is 4.95. The standard InChI is InChI=1S/C19H15ClO/c1-14-5-7-15(8-6-14)16-9-11-18(12-10-16)21-19-4-2-3-17(20)13-19/h2-13H,1H3. The molecule has 0 aliphatic rings. The number of halogens is 1. The van der Waals surface area contributed by atoms with Crippen molar-refractivity contribution in [3.63, 3.8) is 0 Å². The molecular weight excluding hydrogens is 280 g/mol. The first-order chi connectivity index (χ1) is 10.2. The predicted octanol–water partition coefficient (Wildman–Crippen LogP) is 6.11. The van der Waals surface area contributed by atoms with Crippen molar-refractivity contribution in [3.05, 3.63) is 83.4 Å². The number of hydrogen-bond donors (Lipinski definition) is 0. The summed E-state index contributed by atoms with van der Waals surface area (Å²) in [4.78, 5) is 0. The van der Waals surface area contributed by atoms with Gasteiger partial charge in [0.15, 0.2) is 0 Å². The molecule has 0 saturated carbocycles. The second kappa shape index (κ2) is 6.02. The van der Waals surface area contributed by atoms with E-state index < -0.39 is 0 Å². The Hall–Kier alpha value is -2.25. The van der Waals surface area contributed by atoms with Crippen LogP contribution in [0.15, 0.2) is 72.8 Å². The molecule has 0 aliphatic carbocycles. The Morgan fingerprint density at radius 1 is 0.714 bits per heavy atom. The Labute approximate surface area is 129 Å². The molecule has 0 bridgehead atoms. The molecule has 0 N–H and O–H groups in total. The lowest BCUT2D eigenvalue weighted by Gasteiger charge is -2.07. The van der Waals surface area contributed by atoms with Gasteiger partial charge in [0.05, 0.1) is 0 Å². The Bertz CT molecular complexity index is 730. The van der Waals surface area contributed by atoms with Crippen LogP contribution < -0.4 is 4.74 Å². The summed E-state index contributed by atoms with van der Waals surface area (Å²) in [5.41, 5.74) is 3.64. The van der Waals surface area contributed by atoms with Gasteiger partial charge in [0.2, 0.25) is 0 Å². The van der Waals surface area contributed by atoms with Gasteiger partial charge in [-0.2, -0.15) is 0 Å². The third-order valence-electron chi connectivity index (χ3n) is 3.27. The summed E-state index contributed by atoms with van der Waals surface area (Å²) in [5.74, 6) is 1.54.